The molecule has 10 heteroatoms. The van der Waals surface area contributed by atoms with Crippen LogP contribution >= 0.6 is 24.0 Å². The third-order valence-corrected chi connectivity index (χ3v) is 5.37. The number of non-ortho nitro benzene ring substituents is 1. The summed E-state index contributed by atoms with van der Waals surface area (Å²) < 4.78 is 0.220. The van der Waals surface area contributed by atoms with E-state index in [1.165, 1.54) is 0 Å². The minimum Gasteiger partial charge on any atom is -0.506 e. The van der Waals surface area contributed by atoms with Crippen LogP contribution in [0.2, 0.25) is 0 Å². The number of thioether (sulfide) groups is 1. The van der Waals surface area contributed by atoms with Gasteiger partial charge in [0.2, 0.25) is 5.91 Å². The summed E-state index contributed by atoms with van der Waals surface area (Å²) in [4.78, 5) is 36.6. The van der Waals surface area contributed by atoms with E-state index in [4.69, 9.17) is 12.2 Å². The maximum atomic E-state index is 12.6. The Kier molecular flexibility index (Phi) is 6.60. The van der Waals surface area contributed by atoms with Crippen LogP contribution in [0.15, 0.2) is 65.6 Å². The second kappa shape index (κ2) is 9.33. The highest BCUT2D eigenvalue weighted by Crippen LogP contribution is 2.31. The van der Waals surface area contributed by atoms with Crippen molar-refractivity contribution in [3.63, 3.8) is 0 Å². The zero-order valence-electron chi connectivity index (χ0n) is 15.3. The number of benzene rings is 2. The summed E-state index contributed by atoms with van der Waals surface area (Å²) in [7, 11) is 0. The average molecular weight is 441 g/mol. The maximum Gasteiger partial charge on any atom is 0.271 e. The number of nitrogens with one attached hydrogen (secondary N) is 1. The molecule has 1 aliphatic rings. The number of phenolic OH excluding ortho intramolecular Hbond substituents is 1. The van der Waals surface area contributed by atoms with Crippen LogP contribution in [0, 0.1) is 10.1 Å². The molecule has 0 radical (unpaired) electrons. The summed E-state index contributed by atoms with van der Waals surface area (Å²) in [5, 5.41) is 23.0. The number of carbonyl (C=O) groups is 2. The fourth-order valence-corrected chi connectivity index (χ4v) is 3.74. The van der Waals surface area contributed by atoms with E-state index in [9.17, 15) is 24.8 Å². The third kappa shape index (κ3) is 5.10. The minimum atomic E-state index is -0.650. The monoisotopic (exact) mass is 441 g/mol. The van der Waals surface area contributed by atoms with Gasteiger partial charge >= 0.3 is 0 Å². The fraction of sp³-hybridized carbons (Fsp3) is 0.0500. The van der Waals surface area contributed by atoms with Crippen molar-refractivity contribution < 1.29 is 19.6 Å². The van der Waals surface area contributed by atoms with E-state index in [0.29, 0.717) is 4.91 Å². The smallest absolute Gasteiger partial charge is 0.271 e. The molecule has 0 saturated carbocycles. The number of allylic oxidation sites excluding steroid dienone is 2. The molecular weight excluding hydrogens is 426 g/mol. The van der Waals surface area contributed by atoms with Gasteiger partial charge in [-0.2, -0.15) is 0 Å². The lowest BCUT2D eigenvalue weighted by molar-refractivity contribution is -0.384. The van der Waals surface area contributed by atoms with E-state index in [2.05, 4.69) is 5.32 Å². The number of aromatic hydroxyl groups is 1. The van der Waals surface area contributed by atoms with E-state index < -0.39 is 16.7 Å². The molecule has 30 heavy (non-hydrogen) atoms. The summed E-state index contributed by atoms with van der Waals surface area (Å²) >= 11 is 6.26. The molecule has 0 aliphatic carbocycles. The highest BCUT2D eigenvalue weighted by Gasteiger charge is 2.33. The zero-order chi connectivity index (χ0) is 21.7. The normalized spacial score (nSPS) is 15.2. The van der Waals surface area contributed by atoms with Crippen molar-refractivity contribution in [1.29, 1.82) is 0 Å². The summed E-state index contributed by atoms with van der Waals surface area (Å²) in [6.07, 6.45) is 5.18. The number of phenols is 1. The molecule has 2 amide bonds. The highest BCUT2D eigenvalue weighted by atomic mass is 32.2. The number of anilines is 1. The lowest BCUT2D eigenvalue weighted by atomic mass is 10.2. The molecule has 3 rings (SSSR count). The largest absolute Gasteiger partial charge is 0.506 e. The first kappa shape index (κ1) is 21.2. The molecule has 0 bridgehead atoms. The van der Waals surface area contributed by atoms with Gasteiger partial charge in [-0.15, -0.1) is 0 Å². The molecule has 2 aromatic rings. The molecular formula is C20H15N3O5S2. The Morgan fingerprint density at radius 1 is 1.27 bits per heavy atom. The number of thiocarbonyl (C=S) groups is 1. The van der Waals surface area contributed by atoms with Crippen molar-refractivity contribution in [3.8, 4) is 5.75 Å². The van der Waals surface area contributed by atoms with Gasteiger partial charge in [0.05, 0.1) is 15.5 Å². The predicted octanol–water partition coefficient (Wildman–Crippen LogP) is 3.70. The summed E-state index contributed by atoms with van der Waals surface area (Å²) in [6, 6.07) is 12.8. The van der Waals surface area contributed by atoms with Crippen molar-refractivity contribution in [1.82, 2.24) is 4.90 Å². The van der Waals surface area contributed by atoms with Gasteiger partial charge in [0.1, 0.15) is 16.6 Å². The Balaban J connectivity index is 1.66. The number of hydrogen-bond donors (Lipinski definition) is 2. The molecule has 0 unspecified atom stereocenters. The second-order valence-corrected chi connectivity index (χ2v) is 7.74. The van der Waals surface area contributed by atoms with Crippen LogP contribution in [0.25, 0.3) is 6.08 Å². The van der Waals surface area contributed by atoms with Gasteiger partial charge in [-0.25, -0.2) is 0 Å². The van der Waals surface area contributed by atoms with Crippen LogP contribution in [0.5, 0.6) is 5.75 Å². The van der Waals surface area contributed by atoms with E-state index in [0.717, 1.165) is 40.4 Å². The van der Waals surface area contributed by atoms with E-state index in [1.807, 2.05) is 36.4 Å². The van der Waals surface area contributed by atoms with Crippen molar-refractivity contribution in [3.05, 3.63) is 81.3 Å². The summed E-state index contributed by atoms with van der Waals surface area (Å²) in [6.45, 7) is -0.382. The van der Waals surface area contributed by atoms with Gasteiger partial charge in [0.15, 0.2) is 0 Å². The van der Waals surface area contributed by atoms with Crippen molar-refractivity contribution in [2.75, 3.05) is 11.9 Å². The van der Waals surface area contributed by atoms with Crippen LogP contribution in [0.4, 0.5) is 11.4 Å². The van der Waals surface area contributed by atoms with E-state index >= 15 is 0 Å². The molecule has 0 spiro atoms. The van der Waals surface area contributed by atoms with Gasteiger partial charge in [-0.1, -0.05) is 66.5 Å². The molecule has 2 N–H and O–H groups in total. The van der Waals surface area contributed by atoms with Crippen LogP contribution in [-0.2, 0) is 9.59 Å². The average Bonchev–Trinajstić information content (AvgIpc) is 2.98. The molecule has 0 aromatic heterocycles. The Labute approximate surface area is 181 Å². The number of nitro benzene ring substituents is 1. The lowest BCUT2D eigenvalue weighted by Crippen LogP contribution is -2.36. The molecule has 1 heterocycles. The van der Waals surface area contributed by atoms with Crippen LogP contribution in [-0.4, -0.2) is 37.6 Å². The van der Waals surface area contributed by atoms with Gasteiger partial charge < -0.3 is 10.4 Å². The van der Waals surface area contributed by atoms with Gasteiger partial charge in [-0.3, -0.25) is 24.6 Å². The Hall–Kier alpha value is -3.50. The second-order valence-electron chi connectivity index (χ2n) is 6.07. The number of amides is 2. The van der Waals surface area contributed by atoms with Crippen LogP contribution in [0.3, 0.4) is 0 Å². The van der Waals surface area contributed by atoms with Gasteiger partial charge in [0, 0.05) is 12.1 Å². The minimum absolute atomic E-state index is 0.124. The van der Waals surface area contributed by atoms with Crippen molar-refractivity contribution >= 4 is 57.6 Å². The summed E-state index contributed by atoms with van der Waals surface area (Å²) in [5.41, 5.74) is 0.559. The Bertz CT molecular complexity index is 1080. The van der Waals surface area contributed by atoms with E-state index in [-0.39, 0.29) is 28.0 Å². The first-order chi connectivity index (χ1) is 14.3. The molecule has 1 saturated heterocycles. The topological polar surface area (TPSA) is 113 Å². The van der Waals surface area contributed by atoms with Crippen molar-refractivity contribution in [2.24, 2.45) is 0 Å². The molecule has 8 nitrogen and oxygen atoms in total. The molecule has 0 atom stereocenters. The Morgan fingerprint density at radius 3 is 2.70 bits per heavy atom. The number of hydrogen-bond acceptors (Lipinski definition) is 7. The van der Waals surface area contributed by atoms with Crippen LogP contribution in [0.1, 0.15) is 5.56 Å². The Morgan fingerprint density at radius 2 is 2.00 bits per heavy atom. The number of nitro groups is 1. The van der Waals surface area contributed by atoms with Gasteiger partial charge in [0.25, 0.3) is 11.6 Å². The molecule has 1 aliphatic heterocycles. The number of carbonyl (C=O) groups excluding carboxylic acids is 2. The highest BCUT2D eigenvalue weighted by molar-refractivity contribution is 8.26. The number of rotatable bonds is 6. The summed E-state index contributed by atoms with van der Waals surface area (Å²) in [5.74, 6) is -1.39. The first-order valence-corrected chi connectivity index (χ1v) is 9.82. The maximum absolute atomic E-state index is 12.6. The lowest BCUT2D eigenvalue weighted by Gasteiger charge is -2.14. The molecule has 152 valence electrons. The standard InChI is InChI=1S/C20H15N3O5S2/c24-16-10-9-14(23(27)28)11-15(16)21-18(25)12-22-19(26)17(30-20(22)29)8-4-7-13-5-2-1-3-6-13/h1-11,24H,12H2,(H,21,25). The zero-order valence-corrected chi connectivity index (χ0v) is 17.0. The quantitative estimate of drug-likeness (QED) is 0.231. The SMILES string of the molecule is O=C(CN1C(=O)C(=CC=Cc2ccccc2)SC1=S)Nc1cc([N+](=O)[O-])ccc1O. The van der Waals surface area contributed by atoms with Crippen molar-refractivity contribution in [2.45, 2.75) is 0 Å². The van der Waals surface area contributed by atoms with Crippen LogP contribution < -0.4 is 5.32 Å². The number of nitrogens with zero attached hydrogens (tertiary/aromatic N) is 2. The first-order valence-electron chi connectivity index (χ1n) is 8.59. The molecule has 1 fully saturated rings. The fourth-order valence-electron chi connectivity index (χ4n) is 2.53. The predicted molar refractivity (Wildman–Crippen MR) is 119 cm³/mol. The molecule has 2 aromatic carbocycles. The van der Waals surface area contributed by atoms with Gasteiger partial charge in [-0.05, 0) is 17.7 Å². The van der Waals surface area contributed by atoms with E-state index in [1.54, 1.807) is 12.2 Å². The third-order valence-electron chi connectivity index (χ3n) is 3.98.